The summed E-state index contributed by atoms with van der Waals surface area (Å²) in [5.74, 6) is 0.612. The topological polar surface area (TPSA) is 100 Å². The number of nitrogens with zero attached hydrogens (tertiary/aromatic N) is 5. The number of piperidine rings is 1. The maximum atomic E-state index is 13.4. The molecule has 1 amide bonds. The van der Waals surface area contributed by atoms with Gasteiger partial charge >= 0.3 is 0 Å². The number of carbonyl (C=O) groups is 2. The van der Waals surface area contributed by atoms with Gasteiger partial charge in [-0.3, -0.25) is 9.59 Å². The van der Waals surface area contributed by atoms with Crippen LogP contribution in [0.15, 0.2) is 61.3 Å². The molecule has 0 spiro atoms. The molecule has 0 bridgehead atoms. The molecule has 2 aromatic carbocycles. The number of ketones is 1. The Hall–Kier alpha value is -3.93. The molecule has 0 aliphatic carbocycles. The van der Waals surface area contributed by atoms with Crippen LogP contribution in [-0.4, -0.2) is 94.2 Å². The van der Waals surface area contributed by atoms with E-state index in [0.717, 1.165) is 56.0 Å². The molecule has 236 valence electrons. The number of methoxy groups -OCH3 is 2. The van der Waals surface area contributed by atoms with Crippen LogP contribution >= 0.6 is 13.5 Å². The zero-order chi connectivity index (χ0) is 30.9. The minimum absolute atomic E-state index is 0. The molecule has 1 fully saturated rings. The molecule has 11 heteroatoms. The lowest BCUT2D eigenvalue weighted by molar-refractivity contribution is -0.111. The van der Waals surface area contributed by atoms with E-state index in [9.17, 15) is 9.59 Å². The van der Waals surface area contributed by atoms with Crippen LogP contribution < -0.4 is 19.9 Å². The van der Waals surface area contributed by atoms with Crippen molar-refractivity contribution in [1.82, 2.24) is 14.9 Å². The summed E-state index contributed by atoms with van der Waals surface area (Å²) in [6.07, 6.45) is 5.50. The van der Waals surface area contributed by atoms with Gasteiger partial charge in [0.2, 0.25) is 11.7 Å². The van der Waals surface area contributed by atoms with Gasteiger partial charge in [0, 0.05) is 75.8 Å². The van der Waals surface area contributed by atoms with E-state index in [2.05, 4.69) is 36.6 Å². The fourth-order valence-electron chi connectivity index (χ4n) is 5.13. The molecule has 3 aromatic rings. The van der Waals surface area contributed by atoms with E-state index in [-0.39, 0.29) is 31.3 Å². The zero-order valence-electron chi connectivity index (χ0n) is 26.3. The van der Waals surface area contributed by atoms with Gasteiger partial charge in [-0.25, -0.2) is 9.97 Å². The first-order valence-electron chi connectivity index (χ1n) is 14.5. The Labute approximate surface area is 267 Å². The van der Waals surface area contributed by atoms with Gasteiger partial charge in [-0.15, -0.1) is 0 Å². The van der Waals surface area contributed by atoms with Crippen molar-refractivity contribution in [3.8, 4) is 5.75 Å². The largest absolute Gasteiger partial charge is 0.496 e. The van der Waals surface area contributed by atoms with Gasteiger partial charge < -0.3 is 29.5 Å². The average molecular weight is 621 g/mol. The number of aromatic nitrogens is 2. The SMILES string of the molecule is C=CC(=O)Nc1cc(Cc2nccc(C(=O)c3ccc(N4CCC[C@H](OC)C4)cc3)n2)c(OC)cc1N(C)CCN(C)C.S. The summed E-state index contributed by atoms with van der Waals surface area (Å²) < 4.78 is 11.3. The number of ether oxygens (including phenoxy) is 2. The van der Waals surface area contributed by atoms with Crippen molar-refractivity contribution < 1.29 is 19.1 Å². The molecule has 2 heterocycles. The summed E-state index contributed by atoms with van der Waals surface area (Å²) in [5, 5.41) is 2.92. The summed E-state index contributed by atoms with van der Waals surface area (Å²) in [4.78, 5) is 41.1. The summed E-state index contributed by atoms with van der Waals surface area (Å²) in [5.41, 5.74) is 4.16. The molecule has 1 N–H and O–H groups in total. The van der Waals surface area contributed by atoms with Crippen molar-refractivity contribution in [2.24, 2.45) is 0 Å². The van der Waals surface area contributed by atoms with Gasteiger partial charge in [0.1, 0.15) is 17.3 Å². The third-order valence-electron chi connectivity index (χ3n) is 7.63. The molecule has 0 radical (unpaired) electrons. The van der Waals surface area contributed by atoms with E-state index < -0.39 is 0 Å². The van der Waals surface area contributed by atoms with Gasteiger partial charge in [0.15, 0.2) is 0 Å². The summed E-state index contributed by atoms with van der Waals surface area (Å²) in [6, 6.07) is 13.1. The van der Waals surface area contributed by atoms with Crippen molar-refractivity contribution in [1.29, 1.82) is 0 Å². The Balaban J connectivity index is 0.00000529. The monoisotopic (exact) mass is 620 g/mol. The minimum Gasteiger partial charge on any atom is -0.496 e. The molecular weight excluding hydrogens is 576 g/mol. The van der Waals surface area contributed by atoms with Crippen LogP contribution in [0.3, 0.4) is 0 Å². The first-order chi connectivity index (χ1) is 20.7. The Morgan fingerprint density at radius 3 is 2.52 bits per heavy atom. The molecule has 1 saturated heterocycles. The van der Waals surface area contributed by atoms with E-state index >= 15 is 0 Å². The zero-order valence-corrected chi connectivity index (χ0v) is 27.3. The summed E-state index contributed by atoms with van der Waals surface area (Å²) in [6.45, 7) is 6.97. The predicted molar refractivity (Wildman–Crippen MR) is 181 cm³/mol. The Kier molecular flexibility index (Phi) is 12.7. The Bertz CT molecular complexity index is 1430. The molecule has 1 aromatic heterocycles. The van der Waals surface area contributed by atoms with Crippen molar-refractivity contribution in [2.45, 2.75) is 25.4 Å². The summed E-state index contributed by atoms with van der Waals surface area (Å²) in [7, 11) is 9.35. The standard InChI is InChI=1S/C33H42N6O4.H2S/c1-7-32(40)36-28-19-24(30(43-6)21-29(28)38(4)18-17-37(2)3)20-31-34-15-14-27(35-31)33(41)23-10-12-25(13-11-23)39-16-8-9-26(22-39)42-5;/h7,10-15,19,21,26H,1,8-9,16-18,20,22H2,2-6H3,(H,36,40);1H2/t26-;/m0./s1. The van der Waals surface area contributed by atoms with Crippen molar-refractivity contribution in [3.05, 3.63) is 84.0 Å². The fourth-order valence-corrected chi connectivity index (χ4v) is 5.13. The number of carbonyl (C=O) groups excluding carboxylic acids is 2. The van der Waals surface area contributed by atoms with Crippen LogP contribution in [0.25, 0.3) is 0 Å². The lowest BCUT2D eigenvalue weighted by Crippen LogP contribution is -2.39. The second-order valence-corrected chi connectivity index (χ2v) is 11.0. The van der Waals surface area contributed by atoms with Gasteiger partial charge in [0.25, 0.3) is 0 Å². The minimum atomic E-state index is -0.313. The number of likely N-dealkylation sites (N-methyl/N-ethyl adjacent to an activating group) is 2. The number of hydrogen-bond acceptors (Lipinski definition) is 9. The van der Waals surface area contributed by atoms with Crippen LogP contribution in [0.4, 0.5) is 17.1 Å². The Morgan fingerprint density at radius 2 is 1.86 bits per heavy atom. The molecule has 10 nitrogen and oxygen atoms in total. The first-order valence-corrected chi connectivity index (χ1v) is 14.5. The van der Waals surface area contributed by atoms with E-state index in [1.165, 1.54) is 6.08 Å². The number of benzene rings is 2. The number of amides is 1. The van der Waals surface area contributed by atoms with E-state index in [4.69, 9.17) is 9.47 Å². The second-order valence-electron chi connectivity index (χ2n) is 11.0. The second kappa shape index (κ2) is 16.2. The number of hydrogen-bond donors (Lipinski definition) is 1. The predicted octanol–water partition coefficient (Wildman–Crippen LogP) is 4.16. The van der Waals surface area contributed by atoms with Crippen LogP contribution in [0.1, 0.15) is 40.3 Å². The highest BCUT2D eigenvalue weighted by molar-refractivity contribution is 7.59. The molecule has 4 rings (SSSR count). The smallest absolute Gasteiger partial charge is 0.247 e. The van der Waals surface area contributed by atoms with Crippen LogP contribution in [0, 0.1) is 0 Å². The fraction of sp³-hybridized carbons (Fsp3) is 0.394. The van der Waals surface area contributed by atoms with Crippen LogP contribution in [0.5, 0.6) is 5.75 Å². The van der Waals surface area contributed by atoms with Gasteiger partial charge in [0.05, 0.1) is 24.6 Å². The van der Waals surface area contributed by atoms with Crippen LogP contribution in [-0.2, 0) is 16.0 Å². The maximum Gasteiger partial charge on any atom is 0.247 e. The quantitative estimate of drug-likeness (QED) is 0.223. The molecular formula is C33H44N6O4S. The maximum absolute atomic E-state index is 13.4. The molecule has 44 heavy (non-hydrogen) atoms. The highest BCUT2D eigenvalue weighted by Crippen LogP contribution is 2.34. The lowest BCUT2D eigenvalue weighted by Gasteiger charge is -2.33. The Morgan fingerprint density at radius 1 is 1.11 bits per heavy atom. The molecule has 1 aliphatic heterocycles. The highest BCUT2D eigenvalue weighted by atomic mass is 32.1. The molecule has 0 saturated carbocycles. The molecule has 1 aliphatic rings. The van der Waals surface area contributed by atoms with Gasteiger partial charge in [-0.05, 0) is 69.4 Å². The average Bonchev–Trinajstić information content (AvgIpc) is 3.03. The number of rotatable bonds is 13. The van der Waals surface area contributed by atoms with Gasteiger partial charge in [-0.2, -0.15) is 13.5 Å². The van der Waals surface area contributed by atoms with Gasteiger partial charge in [-0.1, -0.05) is 6.58 Å². The normalized spacial score (nSPS) is 14.5. The first kappa shape index (κ1) is 34.6. The van der Waals surface area contributed by atoms with E-state index in [1.807, 2.05) is 57.5 Å². The van der Waals surface area contributed by atoms with Crippen molar-refractivity contribution in [2.75, 3.05) is 76.7 Å². The summed E-state index contributed by atoms with van der Waals surface area (Å²) >= 11 is 0. The number of anilines is 3. The van der Waals surface area contributed by atoms with Crippen LogP contribution in [0.2, 0.25) is 0 Å². The third-order valence-corrected chi connectivity index (χ3v) is 7.63. The number of nitrogens with one attached hydrogen (secondary N) is 1. The van der Waals surface area contributed by atoms with E-state index in [1.54, 1.807) is 26.5 Å². The van der Waals surface area contributed by atoms with Crippen molar-refractivity contribution in [3.63, 3.8) is 0 Å². The van der Waals surface area contributed by atoms with Crippen molar-refractivity contribution >= 4 is 42.2 Å². The van der Waals surface area contributed by atoms with E-state index in [0.29, 0.717) is 34.9 Å². The highest BCUT2D eigenvalue weighted by Gasteiger charge is 2.21. The lowest BCUT2D eigenvalue weighted by atomic mass is 10.0. The molecule has 0 unspecified atom stereocenters. The third kappa shape index (κ3) is 8.81. The molecule has 1 atom stereocenters.